The van der Waals surface area contributed by atoms with Crippen molar-refractivity contribution >= 4 is 36.0 Å². The molecule has 3 aromatic rings. The summed E-state index contributed by atoms with van der Waals surface area (Å²) in [6, 6.07) is 17.0. The Kier molecular flexibility index (Phi) is 6.91. The largest absolute Gasteiger partial charge is 0.397 e. The topological polar surface area (TPSA) is 81.4 Å². The van der Waals surface area contributed by atoms with Crippen molar-refractivity contribution < 1.29 is 13.9 Å². The Labute approximate surface area is 175 Å². The third kappa shape index (κ3) is 5.80. The van der Waals surface area contributed by atoms with Gasteiger partial charge in [0.1, 0.15) is 0 Å². The molecule has 152 valence electrons. The summed E-state index contributed by atoms with van der Waals surface area (Å²) < 4.78 is 17.5. The second-order valence-electron chi connectivity index (χ2n) is 6.84. The van der Waals surface area contributed by atoms with Crippen molar-refractivity contribution in [2.75, 3.05) is 30.5 Å². The molecule has 1 amide bonds. The lowest BCUT2D eigenvalue weighted by atomic mass is 10.1. The number of carbonyl (C=O) groups is 1. The molecular weight excluding hydrogens is 403 g/mol. The van der Waals surface area contributed by atoms with Crippen molar-refractivity contribution in [1.82, 2.24) is 0 Å². The van der Waals surface area contributed by atoms with Crippen LogP contribution in [0.1, 0.15) is 22.8 Å². The van der Waals surface area contributed by atoms with Crippen LogP contribution in [0.15, 0.2) is 60.0 Å². The number of rotatable bonds is 8. The van der Waals surface area contributed by atoms with Gasteiger partial charge in [-0.3, -0.25) is 9.36 Å². The van der Waals surface area contributed by atoms with E-state index >= 15 is 0 Å². The fourth-order valence-electron chi connectivity index (χ4n) is 2.95. The van der Waals surface area contributed by atoms with Crippen LogP contribution >= 0.6 is 18.7 Å². The van der Waals surface area contributed by atoms with Crippen molar-refractivity contribution in [3.63, 3.8) is 0 Å². The molecule has 0 saturated carbocycles. The summed E-state index contributed by atoms with van der Waals surface area (Å²) in [6.07, 6.45) is 1.13. The molecule has 3 rings (SSSR count). The lowest BCUT2D eigenvalue weighted by Crippen LogP contribution is -2.13. The van der Waals surface area contributed by atoms with E-state index in [1.807, 2.05) is 48.7 Å². The van der Waals surface area contributed by atoms with Gasteiger partial charge in [0.2, 0.25) is 7.37 Å². The van der Waals surface area contributed by atoms with Gasteiger partial charge >= 0.3 is 0 Å². The van der Waals surface area contributed by atoms with Crippen LogP contribution in [-0.4, -0.2) is 25.3 Å². The van der Waals surface area contributed by atoms with E-state index in [-0.39, 0.29) is 5.91 Å². The minimum absolute atomic E-state index is 0.220. The molecule has 5 nitrogen and oxygen atoms in total. The number of nitrogens with one attached hydrogen (secondary N) is 1. The van der Waals surface area contributed by atoms with Gasteiger partial charge in [-0.15, -0.1) is 11.3 Å². The van der Waals surface area contributed by atoms with E-state index < -0.39 is 7.37 Å². The maximum Gasteiger partial charge on any atom is 0.255 e. The van der Waals surface area contributed by atoms with Crippen LogP contribution in [0.4, 0.5) is 11.4 Å². The summed E-state index contributed by atoms with van der Waals surface area (Å²) in [7, 11) is -2.56. The SMILES string of the molecule is CCOP(C)(=O)CCc1ccc(C(=O)Nc2cc(-c3cccs3)ccc2N)cc1. The van der Waals surface area contributed by atoms with E-state index in [9.17, 15) is 9.36 Å². The Morgan fingerprint density at radius 3 is 2.59 bits per heavy atom. The first kappa shape index (κ1) is 21.3. The molecule has 0 saturated heterocycles. The summed E-state index contributed by atoms with van der Waals surface area (Å²) in [5.41, 5.74) is 9.73. The van der Waals surface area contributed by atoms with Gasteiger partial charge in [0.05, 0.1) is 18.0 Å². The van der Waals surface area contributed by atoms with Crippen LogP contribution < -0.4 is 11.1 Å². The highest BCUT2D eigenvalue weighted by Crippen LogP contribution is 2.42. The molecule has 1 heterocycles. The number of aryl methyl sites for hydroxylation is 1. The highest BCUT2D eigenvalue weighted by molar-refractivity contribution is 7.58. The van der Waals surface area contributed by atoms with Gasteiger partial charge in [-0.25, -0.2) is 0 Å². The summed E-state index contributed by atoms with van der Waals surface area (Å²) in [4.78, 5) is 13.8. The molecule has 1 unspecified atom stereocenters. The highest BCUT2D eigenvalue weighted by atomic mass is 32.1. The Bertz CT molecular complexity index is 1020. The van der Waals surface area contributed by atoms with Crippen LogP contribution in [0.25, 0.3) is 10.4 Å². The fourth-order valence-corrected chi connectivity index (χ4v) is 5.01. The minimum Gasteiger partial charge on any atom is -0.397 e. The van der Waals surface area contributed by atoms with E-state index in [0.29, 0.717) is 36.1 Å². The normalized spacial score (nSPS) is 13.0. The van der Waals surface area contributed by atoms with Crippen molar-refractivity contribution in [3.8, 4) is 10.4 Å². The number of carbonyl (C=O) groups excluding carboxylic acids is 1. The smallest absolute Gasteiger partial charge is 0.255 e. The summed E-state index contributed by atoms with van der Waals surface area (Å²) >= 11 is 1.63. The number of hydrogen-bond acceptors (Lipinski definition) is 5. The van der Waals surface area contributed by atoms with Crippen molar-refractivity contribution in [2.24, 2.45) is 0 Å². The second kappa shape index (κ2) is 9.40. The molecule has 29 heavy (non-hydrogen) atoms. The molecule has 0 aliphatic rings. The molecule has 3 N–H and O–H groups in total. The quantitative estimate of drug-likeness (QED) is 0.354. The molecule has 2 aromatic carbocycles. The van der Waals surface area contributed by atoms with Crippen LogP contribution in [0.3, 0.4) is 0 Å². The Morgan fingerprint density at radius 1 is 1.17 bits per heavy atom. The fraction of sp³-hybridized carbons (Fsp3) is 0.227. The molecule has 0 fully saturated rings. The molecule has 7 heteroatoms. The minimum atomic E-state index is -2.56. The number of nitrogens with two attached hydrogens (primary N) is 1. The van der Waals surface area contributed by atoms with Gasteiger partial charge in [-0.05, 0) is 60.2 Å². The average Bonchev–Trinajstić information content (AvgIpc) is 3.23. The number of amides is 1. The summed E-state index contributed by atoms with van der Waals surface area (Å²) in [6.45, 7) is 3.95. The van der Waals surface area contributed by atoms with Gasteiger partial charge in [-0.2, -0.15) is 0 Å². The maximum absolute atomic E-state index is 12.6. The predicted molar refractivity (Wildman–Crippen MR) is 122 cm³/mol. The lowest BCUT2D eigenvalue weighted by Gasteiger charge is -2.13. The van der Waals surface area contributed by atoms with E-state index in [1.54, 1.807) is 36.2 Å². The number of thiophene rings is 1. The molecule has 0 aliphatic carbocycles. The van der Waals surface area contributed by atoms with Crippen molar-refractivity contribution in [2.45, 2.75) is 13.3 Å². The monoisotopic (exact) mass is 428 g/mol. The number of hydrogen-bond donors (Lipinski definition) is 2. The van der Waals surface area contributed by atoms with E-state index in [2.05, 4.69) is 5.32 Å². The second-order valence-corrected chi connectivity index (χ2v) is 10.5. The molecule has 1 aromatic heterocycles. The van der Waals surface area contributed by atoms with Gasteiger partial charge in [0.25, 0.3) is 5.91 Å². The van der Waals surface area contributed by atoms with Gasteiger partial charge in [0.15, 0.2) is 0 Å². The van der Waals surface area contributed by atoms with Crippen LogP contribution in [-0.2, 0) is 15.5 Å². The van der Waals surface area contributed by atoms with E-state index in [0.717, 1.165) is 16.0 Å². The average molecular weight is 428 g/mol. The van der Waals surface area contributed by atoms with Gasteiger partial charge in [0, 0.05) is 23.3 Å². The van der Waals surface area contributed by atoms with Gasteiger partial charge in [-0.1, -0.05) is 24.3 Å². The van der Waals surface area contributed by atoms with E-state index in [4.69, 9.17) is 10.3 Å². The third-order valence-electron chi connectivity index (χ3n) is 4.53. The van der Waals surface area contributed by atoms with Crippen LogP contribution in [0.2, 0.25) is 0 Å². The first-order chi connectivity index (χ1) is 13.9. The molecule has 0 aliphatic heterocycles. The number of anilines is 2. The summed E-state index contributed by atoms with van der Waals surface area (Å²) in [5, 5.41) is 4.91. The van der Waals surface area contributed by atoms with Crippen molar-refractivity contribution in [1.29, 1.82) is 0 Å². The molecule has 0 spiro atoms. The predicted octanol–water partition coefficient (Wildman–Crippen LogP) is 5.74. The molecular formula is C22H25N2O3PS. The standard InChI is InChI=1S/C22H25N2O3PS/c1-3-27-28(2,26)13-12-16-6-8-17(9-7-16)22(25)24-20-15-18(10-11-19(20)23)21-5-4-14-29-21/h4-11,14-15H,3,12-13,23H2,1-2H3,(H,24,25). The zero-order valence-corrected chi connectivity index (χ0v) is 18.3. The Balaban J connectivity index is 1.67. The van der Waals surface area contributed by atoms with Crippen molar-refractivity contribution in [3.05, 3.63) is 71.1 Å². The summed E-state index contributed by atoms with van der Waals surface area (Å²) in [5.74, 6) is -0.220. The van der Waals surface area contributed by atoms with Gasteiger partial charge < -0.3 is 15.6 Å². The Morgan fingerprint density at radius 2 is 1.93 bits per heavy atom. The molecule has 0 bridgehead atoms. The maximum atomic E-state index is 12.6. The zero-order chi connectivity index (χ0) is 20.9. The van der Waals surface area contributed by atoms with Crippen LogP contribution in [0, 0.1) is 0 Å². The molecule has 1 atom stereocenters. The van der Waals surface area contributed by atoms with E-state index in [1.165, 1.54) is 0 Å². The number of nitrogen functional groups attached to an aromatic ring is 1. The number of benzene rings is 2. The highest BCUT2D eigenvalue weighted by Gasteiger charge is 2.15. The van der Waals surface area contributed by atoms with Crippen LogP contribution in [0.5, 0.6) is 0 Å². The first-order valence-corrected chi connectivity index (χ1v) is 12.6. The zero-order valence-electron chi connectivity index (χ0n) is 16.6. The molecule has 0 radical (unpaired) electrons. The Hall–Kier alpha value is -2.40. The first-order valence-electron chi connectivity index (χ1n) is 9.43. The lowest BCUT2D eigenvalue weighted by molar-refractivity contribution is 0.102. The third-order valence-corrected chi connectivity index (χ3v) is 7.29.